The molecule has 1 aromatic rings. The van der Waals surface area contributed by atoms with E-state index >= 15 is 0 Å². The van der Waals surface area contributed by atoms with E-state index in [1.165, 1.54) is 0 Å². The molecule has 0 bridgehead atoms. The molecule has 2 N–H and O–H groups in total. The molecule has 19 heavy (non-hydrogen) atoms. The van der Waals surface area contributed by atoms with E-state index < -0.39 is 0 Å². The normalized spacial score (nSPS) is 12.2. The second kappa shape index (κ2) is 8.54. The minimum absolute atomic E-state index is 0.264. The molecule has 4 nitrogen and oxygen atoms in total. The topological polar surface area (TPSA) is 44.7 Å². The van der Waals surface area contributed by atoms with Gasteiger partial charge in [-0.2, -0.15) is 0 Å². The van der Waals surface area contributed by atoms with Gasteiger partial charge >= 0.3 is 0 Å². The van der Waals surface area contributed by atoms with Crippen LogP contribution in [0.2, 0.25) is 0 Å². The van der Waals surface area contributed by atoms with Crippen molar-refractivity contribution in [1.29, 1.82) is 0 Å². The molecule has 0 amide bonds. The van der Waals surface area contributed by atoms with E-state index in [0.29, 0.717) is 19.6 Å². The smallest absolute Gasteiger partial charge is 0.148 e. The van der Waals surface area contributed by atoms with Gasteiger partial charge in [-0.15, -0.1) is 6.42 Å². The lowest BCUT2D eigenvalue weighted by Crippen LogP contribution is -2.34. The molecule has 104 valence electrons. The first kappa shape index (κ1) is 15.5. The maximum absolute atomic E-state index is 9.75. The van der Waals surface area contributed by atoms with Gasteiger partial charge < -0.3 is 20.1 Å². The van der Waals surface area contributed by atoms with Gasteiger partial charge in [0.1, 0.15) is 12.4 Å². The molecule has 0 saturated carbocycles. The van der Waals surface area contributed by atoms with Crippen molar-refractivity contribution in [2.75, 3.05) is 33.8 Å². The van der Waals surface area contributed by atoms with Crippen LogP contribution in [0.1, 0.15) is 5.56 Å². The van der Waals surface area contributed by atoms with Crippen molar-refractivity contribution in [1.82, 2.24) is 10.2 Å². The second-order valence-corrected chi connectivity index (χ2v) is 4.65. The van der Waals surface area contributed by atoms with E-state index in [1.54, 1.807) is 0 Å². The molecule has 0 aromatic heterocycles. The molecule has 0 aliphatic carbocycles. The molecule has 0 spiro atoms. The number of aliphatic hydroxyl groups is 1. The second-order valence-electron chi connectivity index (χ2n) is 4.65. The van der Waals surface area contributed by atoms with Gasteiger partial charge in [-0.25, -0.2) is 0 Å². The van der Waals surface area contributed by atoms with Crippen molar-refractivity contribution in [3.63, 3.8) is 0 Å². The number of nitrogens with zero attached hydrogens (tertiary/aromatic N) is 1. The zero-order valence-electron chi connectivity index (χ0n) is 11.6. The SMILES string of the molecule is C#CCOc1ccccc1CNCC(O)CN(C)C. The Morgan fingerprint density at radius 1 is 1.42 bits per heavy atom. The highest BCUT2D eigenvalue weighted by molar-refractivity contribution is 5.33. The van der Waals surface area contributed by atoms with E-state index in [0.717, 1.165) is 11.3 Å². The molecule has 0 fully saturated rings. The average Bonchev–Trinajstić information content (AvgIpc) is 2.36. The van der Waals surface area contributed by atoms with Crippen molar-refractivity contribution in [2.45, 2.75) is 12.6 Å². The summed E-state index contributed by atoms with van der Waals surface area (Å²) in [5, 5.41) is 13.0. The summed E-state index contributed by atoms with van der Waals surface area (Å²) in [4.78, 5) is 1.95. The third kappa shape index (κ3) is 6.25. The standard InChI is InChI=1S/C15H22N2O2/c1-4-9-19-15-8-6-5-7-13(15)10-16-11-14(18)12-17(2)3/h1,5-8,14,16,18H,9-12H2,2-3H3. The van der Waals surface area contributed by atoms with Gasteiger partial charge in [-0.1, -0.05) is 24.1 Å². The number of likely N-dealkylation sites (N-methyl/N-ethyl adjacent to an activating group) is 1. The Labute approximate surface area is 115 Å². The third-order valence-electron chi connectivity index (χ3n) is 2.55. The zero-order chi connectivity index (χ0) is 14.1. The van der Waals surface area contributed by atoms with Crippen LogP contribution in [-0.2, 0) is 6.54 Å². The molecule has 1 aromatic carbocycles. The Morgan fingerprint density at radius 3 is 2.84 bits per heavy atom. The number of para-hydroxylation sites is 1. The van der Waals surface area contributed by atoms with E-state index in [1.807, 2.05) is 43.3 Å². The van der Waals surface area contributed by atoms with Crippen LogP contribution in [0.5, 0.6) is 5.75 Å². The first-order chi connectivity index (χ1) is 9.13. The number of terminal acetylenes is 1. The minimum Gasteiger partial charge on any atom is -0.481 e. The summed E-state index contributed by atoms with van der Waals surface area (Å²) in [6.45, 7) is 2.09. The van der Waals surface area contributed by atoms with E-state index in [9.17, 15) is 5.11 Å². The van der Waals surface area contributed by atoms with Crippen LogP contribution in [-0.4, -0.2) is 49.9 Å². The Morgan fingerprint density at radius 2 is 2.16 bits per heavy atom. The minimum atomic E-state index is -0.381. The van der Waals surface area contributed by atoms with Gasteiger partial charge in [0.2, 0.25) is 0 Å². The molecule has 0 aliphatic heterocycles. The van der Waals surface area contributed by atoms with Crippen LogP contribution in [0, 0.1) is 12.3 Å². The molecular formula is C15H22N2O2. The molecule has 1 unspecified atom stereocenters. The van der Waals surface area contributed by atoms with Crippen molar-refractivity contribution in [3.05, 3.63) is 29.8 Å². The number of hydrogen-bond acceptors (Lipinski definition) is 4. The van der Waals surface area contributed by atoms with Crippen LogP contribution in [0.15, 0.2) is 24.3 Å². The fraction of sp³-hybridized carbons (Fsp3) is 0.467. The number of nitrogens with one attached hydrogen (secondary N) is 1. The van der Waals surface area contributed by atoms with Gasteiger partial charge in [0.05, 0.1) is 6.10 Å². The highest BCUT2D eigenvalue weighted by Crippen LogP contribution is 2.17. The highest BCUT2D eigenvalue weighted by Gasteiger charge is 2.06. The van der Waals surface area contributed by atoms with Gasteiger partial charge in [0.15, 0.2) is 0 Å². The maximum Gasteiger partial charge on any atom is 0.148 e. The highest BCUT2D eigenvalue weighted by atomic mass is 16.5. The van der Waals surface area contributed by atoms with Crippen molar-refractivity contribution in [2.24, 2.45) is 0 Å². The molecule has 4 heteroatoms. The number of benzene rings is 1. The third-order valence-corrected chi connectivity index (χ3v) is 2.55. The lowest BCUT2D eigenvalue weighted by molar-refractivity contribution is 0.134. The fourth-order valence-electron chi connectivity index (χ4n) is 1.77. The molecule has 1 rings (SSSR count). The van der Waals surface area contributed by atoms with Crippen molar-refractivity contribution in [3.8, 4) is 18.1 Å². The van der Waals surface area contributed by atoms with Crippen LogP contribution in [0.25, 0.3) is 0 Å². The number of hydrogen-bond donors (Lipinski definition) is 2. The Balaban J connectivity index is 2.42. The molecular weight excluding hydrogens is 240 g/mol. The monoisotopic (exact) mass is 262 g/mol. The first-order valence-corrected chi connectivity index (χ1v) is 6.31. The number of rotatable bonds is 8. The Bertz CT molecular complexity index is 413. The molecule has 1 atom stereocenters. The summed E-state index contributed by atoms with van der Waals surface area (Å²) >= 11 is 0. The summed E-state index contributed by atoms with van der Waals surface area (Å²) in [7, 11) is 3.87. The fourth-order valence-corrected chi connectivity index (χ4v) is 1.77. The summed E-state index contributed by atoms with van der Waals surface area (Å²) in [5.74, 6) is 3.24. The summed E-state index contributed by atoms with van der Waals surface area (Å²) in [5.41, 5.74) is 1.04. The molecule has 0 aliphatic rings. The summed E-state index contributed by atoms with van der Waals surface area (Å²) in [6.07, 6.45) is 4.80. The van der Waals surface area contributed by atoms with Gasteiger partial charge in [0.25, 0.3) is 0 Å². The number of ether oxygens (including phenoxy) is 1. The van der Waals surface area contributed by atoms with Crippen molar-refractivity contribution >= 4 is 0 Å². The lowest BCUT2D eigenvalue weighted by Gasteiger charge is -2.17. The first-order valence-electron chi connectivity index (χ1n) is 6.31. The molecule has 0 saturated heterocycles. The van der Waals surface area contributed by atoms with Crippen LogP contribution < -0.4 is 10.1 Å². The maximum atomic E-state index is 9.75. The van der Waals surface area contributed by atoms with Gasteiger partial charge in [0, 0.05) is 25.2 Å². The van der Waals surface area contributed by atoms with Crippen LogP contribution >= 0.6 is 0 Å². The van der Waals surface area contributed by atoms with E-state index in [2.05, 4.69) is 11.2 Å². The quantitative estimate of drug-likeness (QED) is 0.677. The van der Waals surface area contributed by atoms with E-state index in [-0.39, 0.29) is 12.7 Å². The zero-order valence-corrected chi connectivity index (χ0v) is 11.6. The Kier molecular flexibility index (Phi) is 6.98. The predicted octanol–water partition coefficient (Wildman–Crippen LogP) is 0.711. The predicted molar refractivity (Wildman–Crippen MR) is 77.0 cm³/mol. The summed E-state index contributed by atoms with van der Waals surface area (Å²) in [6, 6.07) is 7.74. The van der Waals surface area contributed by atoms with Gasteiger partial charge in [-0.05, 0) is 20.2 Å². The van der Waals surface area contributed by atoms with Gasteiger partial charge in [-0.3, -0.25) is 0 Å². The largest absolute Gasteiger partial charge is 0.481 e. The Hall–Kier alpha value is -1.54. The van der Waals surface area contributed by atoms with Crippen LogP contribution in [0.4, 0.5) is 0 Å². The van der Waals surface area contributed by atoms with E-state index in [4.69, 9.17) is 11.2 Å². The van der Waals surface area contributed by atoms with Crippen molar-refractivity contribution < 1.29 is 9.84 Å². The average molecular weight is 262 g/mol. The lowest BCUT2D eigenvalue weighted by atomic mass is 10.2. The van der Waals surface area contributed by atoms with Crippen LogP contribution in [0.3, 0.4) is 0 Å². The summed E-state index contributed by atoms with van der Waals surface area (Å²) < 4.78 is 5.46. The molecule has 0 heterocycles. The number of aliphatic hydroxyl groups excluding tert-OH is 1. The molecule has 0 radical (unpaired) electrons.